The average molecular weight is 854 g/mol. The largest absolute Gasteiger partial charge is 0.491 e. The van der Waals surface area contributed by atoms with Gasteiger partial charge >= 0.3 is 12.3 Å². The number of sulfonamides is 1. The lowest BCUT2D eigenvalue weighted by atomic mass is 9.88. The molecular formula is C41H58F3N5O9S. The number of fused-ring (bicyclic) bond motifs is 1. The van der Waals surface area contributed by atoms with Crippen molar-refractivity contribution >= 4 is 44.6 Å². The number of alkyl halides is 3. The van der Waals surface area contributed by atoms with Gasteiger partial charge in [0.25, 0.3) is 5.91 Å². The van der Waals surface area contributed by atoms with E-state index < -0.39 is 85.9 Å². The van der Waals surface area contributed by atoms with E-state index in [9.17, 15) is 40.8 Å². The molecule has 4 amide bonds. The lowest BCUT2D eigenvalue weighted by Gasteiger charge is -2.34. The molecule has 3 fully saturated rings. The molecule has 1 aromatic carbocycles. The SMILES string of the molecule is CCCC(C)CC(C)C(NC(=O)OC(C)(C)C(F)(F)F)C(=O)N1CC(Oc2nccc3cc(OC(C)C)ccc23)CC1C(=O)NC1(C(=O)NS(=O)(=O)C2(C)CC2)CC1C. The Morgan fingerprint density at radius 1 is 1.07 bits per heavy atom. The summed E-state index contributed by atoms with van der Waals surface area (Å²) in [5.41, 5.74) is -4.46. The lowest BCUT2D eigenvalue weighted by Crippen LogP contribution is -2.59. The fourth-order valence-electron chi connectivity index (χ4n) is 7.61. The van der Waals surface area contributed by atoms with Crippen LogP contribution in [0.15, 0.2) is 30.5 Å². The molecule has 3 aliphatic rings. The number of carbonyl (C=O) groups excluding carboxylic acids is 4. The van der Waals surface area contributed by atoms with E-state index in [2.05, 4.69) is 20.3 Å². The van der Waals surface area contributed by atoms with Crippen molar-refractivity contribution in [3.05, 3.63) is 30.5 Å². The molecule has 7 atom stereocenters. The van der Waals surface area contributed by atoms with E-state index in [-0.39, 0.29) is 37.3 Å². The van der Waals surface area contributed by atoms with E-state index in [1.807, 2.05) is 33.8 Å². The monoisotopic (exact) mass is 853 g/mol. The van der Waals surface area contributed by atoms with Gasteiger partial charge in [0.15, 0.2) is 0 Å². The van der Waals surface area contributed by atoms with E-state index in [1.165, 1.54) is 11.8 Å². The number of nitrogens with zero attached hydrogens (tertiary/aromatic N) is 2. The third-order valence-corrected chi connectivity index (χ3v) is 13.9. The van der Waals surface area contributed by atoms with Crippen molar-refractivity contribution in [3.8, 4) is 11.6 Å². The van der Waals surface area contributed by atoms with Gasteiger partial charge in [-0.2, -0.15) is 13.2 Å². The van der Waals surface area contributed by atoms with E-state index in [0.717, 1.165) is 18.2 Å². The van der Waals surface area contributed by atoms with Gasteiger partial charge < -0.3 is 29.7 Å². The number of ether oxygens (including phenoxy) is 3. The van der Waals surface area contributed by atoms with Crippen LogP contribution in [0.4, 0.5) is 18.0 Å². The molecular weight excluding hydrogens is 796 g/mol. The molecule has 14 nitrogen and oxygen atoms in total. The van der Waals surface area contributed by atoms with Crippen molar-refractivity contribution in [2.24, 2.45) is 17.8 Å². The van der Waals surface area contributed by atoms with Crippen LogP contribution in [0.3, 0.4) is 0 Å². The number of halogens is 3. The third kappa shape index (κ3) is 10.2. The Kier molecular flexibility index (Phi) is 13.1. The van der Waals surface area contributed by atoms with Gasteiger partial charge in [0.2, 0.25) is 33.3 Å². The summed E-state index contributed by atoms with van der Waals surface area (Å²) in [5, 5.41) is 6.51. The number of benzene rings is 1. The van der Waals surface area contributed by atoms with Crippen LogP contribution in [0.1, 0.15) is 107 Å². The number of likely N-dealkylation sites (tertiary alicyclic amines) is 1. The zero-order valence-corrected chi connectivity index (χ0v) is 36.0. The summed E-state index contributed by atoms with van der Waals surface area (Å²) in [5.74, 6) is -2.61. The topological polar surface area (TPSA) is 182 Å². The fourth-order valence-corrected chi connectivity index (χ4v) is 8.92. The molecule has 0 radical (unpaired) electrons. The summed E-state index contributed by atoms with van der Waals surface area (Å²) in [6, 6.07) is 4.40. The molecule has 7 unspecified atom stereocenters. The fraction of sp³-hybridized carbons (Fsp3) is 0.683. The summed E-state index contributed by atoms with van der Waals surface area (Å²) in [4.78, 5) is 61.5. The van der Waals surface area contributed by atoms with Crippen molar-refractivity contribution < 1.29 is 55.0 Å². The Labute approximate surface area is 344 Å². The van der Waals surface area contributed by atoms with Crippen molar-refractivity contribution in [1.29, 1.82) is 0 Å². The summed E-state index contributed by atoms with van der Waals surface area (Å²) in [7, 11) is -4.04. The molecule has 3 N–H and O–H groups in total. The Morgan fingerprint density at radius 2 is 1.73 bits per heavy atom. The first-order valence-electron chi connectivity index (χ1n) is 20.3. The number of hydrogen-bond donors (Lipinski definition) is 3. The minimum Gasteiger partial charge on any atom is -0.491 e. The first-order chi connectivity index (χ1) is 27.3. The maximum atomic E-state index is 14.8. The molecule has 0 spiro atoms. The predicted molar refractivity (Wildman–Crippen MR) is 213 cm³/mol. The summed E-state index contributed by atoms with van der Waals surface area (Å²) >= 11 is 0. The van der Waals surface area contributed by atoms with E-state index in [0.29, 0.717) is 44.2 Å². The third-order valence-electron chi connectivity index (χ3n) is 11.8. The van der Waals surface area contributed by atoms with Gasteiger partial charge in [0, 0.05) is 18.0 Å². The maximum Gasteiger partial charge on any atom is 0.427 e. The van der Waals surface area contributed by atoms with E-state index >= 15 is 0 Å². The molecule has 1 aliphatic heterocycles. The zero-order chi connectivity index (χ0) is 43.9. The Balaban J connectivity index is 1.47. The van der Waals surface area contributed by atoms with Gasteiger partial charge in [-0.05, 0) is 108 Å². The van der Waals surface area contributed by atoms with Crippen molar-refractivity contribution in [1.82, 2.24) is 25.2 Å². The molecule has 5 rings (SSSR count). The van der Waals surface area contributed by atoms with Crippen LogP contribution < -0.4 is 24.8 Å². The highest BCUT2D eigenvalue weighted by molar-refractivity contribution is 7.91. The second-order valence-electron chi connectivity index (χ2n) is 17.7. The van der Waals surface area contributed by atoms with Crippen LogP contribution in [0, 0.1) is 17.8 Å². The quantitative estimate of drug-likeness (QED) is 0.167. The standard InChI is InChI=1S/C41H58F3N5O9S/c1-10-11-24(4)18-25(5)32(46-37(53)58-38(7,8)41(42,43)44)35(51)49-22-29(57-34-30-13-12-28(56-23(2)3)19-27(30)14-17-45-34)20-31(49)33(50)47-40(21-26(40)6)36(52)48-59(54,55)39(9)15-16-39/h12-14,17,19,23-26,29,31-32H,10-11,15-16,18,20-22H2,1-9H3,(H,46,53)(H,47,50)(H,48,52). The molecule has 59 heavy (non-hydrogen) atoms. The van der Waals surface area contributed by atoms with Crippen LogP contribution in [0.2, 0.25) is 0 Å². The zero-order valence-electron chi connectivity index (χ0n) is 35.2. The molecule has 18 heteroatoms. The number of aromatic nitrogens is 1. The highest BCUT2D eigenvalue weighted by Gasteiger charge is 2.62. The number of nitrogens with one attached hydrogen (secondary N) is 3. The van der Waals surface area contributed by atoms with Crippen LogP contribution in [0.5, 0.6) is 11.6 Å². The minimum absolute atomic E-state index is 0.0660. The first kappa shape index (κ1) is 45.7. The molecule has 328 valence electrons. The Morgan fingerprint density at radius 3 is 2.31 bits per heavy atom. The molecule has 2 aliphatic carbocycles. The smallest absolute Gasteiger partial charge is 0.427 e. The van der Waals surface area contributed by atoms with Crippen LogP contribution in [-0.4, -0.2) is 95.0 Å². The summed E-state index contributed by atoms with van der Waals surface area (Å²) in [6.07, 6.45) is -2.96. The molecule has 2 aromatic rings. The van der Waals surface area contributed by atoms with Crippen LogP contribution in [-0.2, 0) is 29.1 Å². The maximum absolute atomic E-state index is 14.8. The number of amides is 4. The first-order valence-corrected chi connectivity index (χ1v) is 21.8. The van der Waals surface area contributed by atoms with Gasteiger partial charge in [-0.3, -0.25) is 19.1 Å². The number of hydrogen-bond acceptors (Lipinski definition) is 10. The number of alkyl carbamates (subject to hydrolysis) is 1. The number of pyridine rings is 1. The van der Waals surface area contributed by atoms with Gasteiger partial charge in [0.05, 0.1) is 17.4 Å². The molecule has 2 heterocycles. The van der Waals surface area contributed by atoms with Crippen molar-refractivity contribution in [3.63, 3.8) is 0 Å². The lowest BCUT2D eigenvalue weighted by molar-refractivity contribution is -0.244. The average Bonchev–Trinajstić information content (AvgIpc) is 3.98. The Hall–Kier alpha value is -4.35. The highest BCUT2D eigenvalue weighted by atomic mass is 32.2. The van der Waals surface area contributed by atoms with Gasteiger partial charge in [0.1, 0.15) is 29.5 Å². The van der Waals surface area contributed by atoms with Crippen molar-refractivity contribution in [2.45, 2.75) is 154 Å². The van der Waals surface area contributed by atoms with E-state index in [4.69, 9.17) is 14.2 Å². The molecule has 1 aromatic heterocycles. The van der Waals surface area contributed by atoms with E-state index in [1.54, 1.807) is 38.2 Å². The molecule has 2 saturated carbocycles. The highest BCUT2D eigenvalue weighted by Crippen LogP contribution is 2.46. The summed E-state index contributed by atoms with van der Waals surface area (Å²) < 4.78 is 85.4. The second-order valence-corrected chi connectivity index (χ2v) is 19.9. The predicted octanol–water partition coefficient (Wildman–Crippen LogP) is 6.16. The summed E-state index contributed by atoms with van der Waals surface area (Å²) in [6.45, 7) is 13.8. The van der Waals surface area contributed by atoms with Gasteiger partial charge in [-0.25, -0.2) is 18.2 Å². The molecule has 1 saturated heterocycles. The Bertz CT molecular complexity index is 2030. The minimum atomic E-state index is -4.91. The van der Waals surface area contributed by atoms with Crippen LogP contribution in [0.25, 0.3) is 10.8 Å². The molecule has 0 bridgehead atoms. The second kappa shape index (κ2) is 17.0. The van der Waals surface area contributed by atoms with Gasteiger partial charge in [-0.15, -0.1) is 0 Å². The number of rotatable bonds is 17. The van der Waals surface area contributed by atoms with Gasteiger partial charge in [-0.1, -0.05) is 40.5 Å². The van der Waals surface area contributed by atoms with Crippen molar-refractivity contribution in [2.75, 3.05) is 6.54 Å². The normalized spacial score (nSPS) is 24.2. The van der Waals surface area contributed by atoms with Crippen LogP contribution >= 0.6 is 0 Å². The number of carbonyl (C=O) groups is 4.